The molecule has 2 rings (SSSR count). The number of amides is 2. The van der Waals surface area contributed by atoms with Crippen LogP contribution >= 0.6 is 0 Å². The normalized spacial score (nSPS) is 13.9. The van der Waals surface area contributed by atoms with E-state index in [2.05, 4.69) is 5.32 Å². The van der Waals surface area contributed by atoms with Crippen LogP contribution in [0.4, 0.5) is 5.69 Å². The molecule has 0 unspecified atom stereocenters. The first-order valence-electron chi connectivity index (χ1n) is 4.26. The molecule has 4 nitrogen and oxygen atoms in total. The lowest BCUT2D eigenvalue weighted by molar-refractivity contribution is 0.0879. The molecule has 14 heavy (non-hydrogen) atoms. The number of hydrogen-bond acceptors (Lipinski definition) is 3. The maximum atomic E-state index is 11.3. The number of carbonyl (C=O) groups is 2. The minimum Gasteiger partial charge on any atom is -0.378 e. The molecule has 0 bridgehead atoms. The van der Waals surface area contributed by atoms with Gasteiger partial charge in [-0.25, -0.2) is 0 Å². The van der Waals surface area contributed by atoms with Crippen LogP contribution in [0.5, 0.6) is 0 Å². The van der Waals surface area contributed by atoms with Gasteiger partial charge in [0.1, 0.15) is 0 Å². The number of nitrogens with zero attached hydrogens (tertiary/aromatic N) is 1. The first kappa shape index (κ1) is 8.74. The largest absolute Gasteiger partial charge is 0.378 e. The van der Waals surface area contributed by atoms with E-state index in [-0.39, 0.29) is 11.8 Å². The Balaban J connectivity index is 2.55. The fourth-order valence-electron chi connectivity index (χ4n) is 1.43. The van der Waals surface area contributed by atoms with Crippen molar-refractivity contribution < 1.29 is 9.59 Å². The average Bonchev–Trinajstić information content (AvgIpc) is 2.42. The zero-order chi connectivity index (χ0) is 10.3. The number of benzene rings is 1. The molecule has 1 aromatic rings. The molecule has 0 aromatic heterocycles. The molecule has 0 radical (unpaired) electrons. The highest BCUT2D eigenvalue weighted by atomic mass is 16.2. The van der Waals surface area contributed by atoms with E-state index in [1.165, 1.54) is 0 Å². The summed E-state index contributed by atoms with van der Waals surface area (Å²) in [6.45, 7) is 0. The quantitative estimate of drug-likeness (QED) is 0.661. The van der Waals surface area contributed by atoms with Gasteiger partial charge in [-0.05, 0) is 18.2 Å². The number of imide groups is 1. The van der Waals surface area contributed by atoms with Gasteiger partial charge in [0.2, 0.25) is 0 Å². The second-order valence-electron chi connectivity index (χ2n) is 3.41. The summed E-state index contributed by atoms with van der Waals surface area (Å²) >= 11 is 0. The Morgan fingerprint density at radius 2 is 1.71 bits per heavy atom. The van der Waals surface area contributed by atoms with Gasteiger partial charge < -0.3 is 4.90 Å². The standard InChI is InChI=1S/C10H10N2O2/c1-12(2)6-3-4-7-8(5-6)10(14)11-9(7)13/h3-5H,1-2H3,(H,11,13,14). The van der Waals surface area contributed by atoms with Crippen LogP contribution in [-0.4, -0.2) is 25.9 Å². The van der Waals surface area contributed by atoms with E-state index < -0.39 is 0 Å². The molecule has 1 aliphatic rings. The van der Waals surface area contributed by atoms with Crippen LogP contribution in [0, 0.1) is 0 Å². The van der Waals surface area contributed by atoms with Crippen LogP contribution in [0.3, 0.4) is 0 Å². The van der Waals surface area contributed by atoms with Crippen molar-refractivity contribution in [3.05, 3.63) is 29.3 Å². The minimum atomic E-state index is -0.311. The van der Waals surface area contributed by atoms with Gasteiger partial charge in [0.05, 0.1) is 11.1 Å². The molecule has 2 amide bonds. The SMILES string of the molecule is CN(C)c1ccc2c(c1)C(=O)NC2=O. The molecule has 1 heterocycles. The van der Waals surface area contributed by atoms with Crippen molar-refractivity contribution in [2.75, 3.05) is 19.0 Å². The highest BCUT2D eigenvalue weighted by Gasteiger charge is 2.26. The zero-order valence-electron chi connectivity index (χ0n) is 8.00. The molecule has 0 atom stereocenters. The summed E-state index contributed by atoms with van der Waals surface area (Å²) in [5.74, 6) is -0.621. The monoisotopic (exact) mass is 190 g/mol. The molecule has 0 saturated heterocycles. The van der Waals surface area contributed by atoms with Crippen LogP contribution in [0.15, 0.2) is 18.2 Å². The molecular formula is C10H10N2O2. The third kappa shape index (κ3) is 1.16. The van der Waals surface area contributed by atoms with Gasteiger partial charge in [-0.15, -0.1) is 0 Å². The average molecular weight is 190 g/mol. The maximum Gasteiger partial charge on any atom is 0.259 e. The van der Waals surface area contributed by atoms with Gasteiger partial charge >= 0.3 is 0 Å². The summed E-state index contributed by atoms with van der Waals surface area (Å²) in [5.41, 5.74) is 1.83. The molecule has 0 spiro atoms. The van der Waals surface area contributed by atoms with Gasteiger partial charge in [-0.2, -0.15) is 0 Å². The van der Waals surface area contributed by atoms with E-state index in [0.29, 0.717) is 11.1 Å². The number of hydrogen-bond donors (Lipinski definition) is 1. The summed E-state index contributed by atoms with van der Waals surface area (Å²) in [6, 6.07) is 5.21. The Labute approximate surface area is 81.5 Å². The van der Waals surface area contributed by atoms with Crippen LogP contribution in [0.2, 0.25) is 0 Å². The van der Waals surface area contributed by atoms with Crippen molar-refractivity contribution in [1.82, 2.24) is 5.32 Å². The number of carbonyl (C=O) groups excluding carboxylic acids is 2. The second kappa shape index (κ2) is 2.83. The molecule has 0 aliphatic carbocycles. The number of rotatable bonds is 1. The van der Waals surface area contributed by atoms with Gasteiger partial charge in [-0.1, -0.05) is 0 Å². The molecule has 0 saturated carbocycles. The van der Waals surface area contributed by atoms with Crippen molar-refractivity contribution in [2.24, 2.45) is 0 Å². The van der Waals surface area contributed by atoms with Crippen molar-refractivity contribution >= 4 is 17.5 Å². The van der Waals surface area contributed by atoms with E-state index in [1.807, 2.05) is 25.1 Å². The molecule has 1 aromatic carbocycles. The van der Waals surface area contributed by atoms with E-state index in [9.17, 15) is 9.59 Å². The number of anilines is 1. The topological polar surface area (TPSA) is 49.4 Å². The lowest BCUT2D eigenvalue weighted by Gasteiger charge is -2.12. The molecule has 4 heteroatoms. The Morgan fingerprint density at radius 1 is 1.07 bits per heavy atom. The fourth-order valence-corrected chi connectivity index (χ4v) is 1.43. The predicted molar refractivity (Wildman–Crippen MR) is 52.6 cm³/mol. The Bertz CT molecular complexity index is 424. The predicted octanol–water partition coefficient (Wildman–Crippen LogP) is 0.636. The summed E-state index contributed by atoms with van der Waals surface area (Å²) in [5, 5.41) is 2.25. The van der Waals surface area contributed by atoms with Crippen LogP contribution in [0.1, 0.15) is 20.7 Å². The second-order valence-corrected chi connectivity index (χ2v) is 3.41. The highest BCUT2D eigenvalue weighted by Crippen LogP contribution is 2.21. The summed E-state index contributed by atoms with van der Waals surface area (Å²) < 4.78 is 0. The molecular weight excluding hydrogens is 180 g/mol. The Kier molecular flexibility index (Phi) is 1.77. The van der Waals surface area contributed by atoms with Gasteiger partial charge in [0.25, 0.3) is 11.8 Å². The van der Waals surface area contributed by atoms with Gasteiger partial charge in [0, 0.05) is 19.8 Å². The molecule has 72 valence electrons. The van der Waals surface area contributed by atoms with Gasteiger partial charge in [0.15, 0.2) is 0 Å². The molecule has 0 fully saturated rings. The number of fused-ring (bicyclic) bond motifs is 1. The third-order valence-corrected chi connectivity index (χ3v) is 2.24. The minimum absolute atomic E-state index is 0.310. The van der Waals surface area contributed by atoms with Crippen molar-refractivity contribution in [2.45, 2.75) is 0 Å². The maximum absolute atomic E-state index is 11.3. The summed E-state index contributed by atoms with van der Waals surface area (Å²) in [6.07, 6.45) is 0. The molecule has 1 N–H and O–H groups in total. The highest BCUT2D eigenvalue weighted by molar-refractivity contribution is 6.21. The van der Waals surface area contributed by atoms with E-state index in [1.54, 1.807) is 12.1 Å². The first-order chi connectivity index (χ1) is 6.59. The van der Waals surface area contributed by atoms with Crippen molar-refractivity contribution in [3.8, 4) is 0 Å². The Hall–Kier alpha value is -1.84. The van der Waals surface area contributed by atoms with Crippen LogP contribution in [0.25, 0.3) is 0 Å². The van der Waals surface area contributed by atoms with Crippen molar-refractivity contribution in [3.63, 3.8) is 0 Å². The summed E-state index contributed by atoms with van der Waals surface area (Å²) in [4.78, 5) is 24.4. The van der Waals surface area contributed by atoms with E-state index in [0.717, 1.165) is 5.69 Å². The lowest BCUT2D eigenvalue weighted by atomic mass is 10.1. The fraction of sp³-hybridized carbons (Fsp3) is 0.200. The summed E-state index contributed by atoms with van der Waals surface area (Å²) in [7, 11) is 3.77. The van der Waals surface area contributed by atoms with Crippen LogP contribution in [-0.2, 0) is 0 Å². The third-order valence-electron chi connectivity index (χ3n) is 2.24. The number of nitrogens with one attached hydrogen (secondary N) is 1. The lowest BCUT2D eigenvalue weighted by Crippen LogP contribution is -2.19. The van der Waals surface area contributed by atoms with E-state index in [4.69, 9.17) is 0 Å². The van der Waals surface area contributed by atoms with E-state index >= 15 is 0 Å². The zero-order valence-corrected chi connectivity index (χ0v) is 8.00. The van der Waals surface area contributed by atoms with Crippen LogP contribution < -0.4 is 10.2 Å². The smallest absolute Gasteiger partial charge is 0.259 e. The molecule has 1 aliphatic heterocycles. The Morgan fingerprint density at radius 3 is 2.36 bits per heavy atom. The van der Waals surface area contributed by atoms with Crippen molar-refractivity contribution in [1.29, 1.82) is 0 Å². The van der Waals surface area contributed by atoms with Gasteiger partial charge in [-0.3, -0.25) is 14.9 Å². The first-order valence-corrected chi connectivity index (χ1v) is 4.26.